The molecule has 25 heavy (non-hydrogen) atoms. The molecule has 4 rings (SSSR count). The first-order chi connectivity index (χ1) is 12.3. The molecule has 124 valence electrons. The molecule has 4 nitrogen and oxygen atoms in total. The average Bonchev–Trinajstić information content (AvgIpc) is 3.12. The summed E-state index contributed by atoms with van der Waals surface area (Å²) in [6, 6.07) is 20.5. The molecule has 0 radical (unpaired) electrons. The summed E-state index contributed by atoms with van der Waals surface area (Å²) in [6.45, 7) is 0.720. The molecule has 0 fully saturated rings. The molecular weight excluding hydrogens is 332 g/mol. The van der Waals surface area contributed by atoms with E-state index in [2.05, 4.69) is 50.6 Å². The highest BCUT2D eigenvalue weighted by Crippen LogP contribution is 2.27. The molecule has 0 aliphatic heterocycles. The normalized spacial score (nSPS) is 10.9. The molecule has 0 saturated heterocycles. The van der Waals surface area contributed by atoms with Crippen LogP contribution in [0.15, 0.2) is 67.0 Å². The minimum absolute atomic E-state index is 0.520. The van der Waals surface area contributed by atoms with E-state index in [-0.39, 0.29) is 0 Å². The zero-order valence-corrected chi connectivity index (χ0v) is 14.3. The maximum absolute atomic E-state index is 5.86. The first-order valence-corrected chi connectivity index (χ1v) is 8.64. The summed E-state index contributed by atoms with van der Waals surface area (Å²) in [5.74, 6) is 1.35. The zero-order chi connectivity index (χ0) is 17.1. The Balaban J connectivity index is 1.63. The molecule has 2 N–H and O–H groups in total. The van der Waals surface area contributed by atoms with E-state index in [1.165, 1.54) is 5.56 Å². The third-order valence-electron chi connectivity index (χ3n) is 4.15. The van der Waals surface area contributed by atoms with Gasteiger partial charge in [0.05, 0.1) is 5.39 Å². The van der Waals surface area contributed by atoms with Crippen molar-refractivity contribution in [2.45, 2.75) is 12.4 Å². The van der Waals surface area contributed by atoms with Crippen LogP contribution in [0, 0.1) is 0 Å². The van der Waals surface area contributed by atoms with E-state index in [0.717, 1.165) is 40.2 Å². The summed E-state index contributed by atoms with van der Waals surface area (Å²) in [7, 11) is 0. The lowest BCUT2D eigenvalue weighted by Gasteiger charge is -2.06. The fourth-order valence-electron chi connectivity index (χ4n) is 2.79. The molecule has 0 unspecified atom stereocenters. The number of aromatic amines is 1. The Morgan fingerprint density at radius 2 is 1.72 bits per heavy atom. The number of alkyl halides is 1. The van der Waals surface area contributed by atoms with Crippen molar-refractivity contribution < 1.29 is 0 Å². The number of rotatable bonds is 5. The Morgan fingerprint density at radius 1 is 0.920 bits per heavy atom. The fourth-order valence-corrected chi connectivity index (χ4v) is 2.97. The van der Waals surface area contributed by atoms with E-state index in [0.29, 0.717) is 5.88 Å². The zero-order valence-electron chi connectivity index (χ0n) is 13.5. The summed E-state index contributed by atoms with van der Waals surface area (Å²) >= 11 is 5.86. The highest BCUT2D eigenvalue weighted by atomic mass is 35.5. The molecule has 0 bridgehead atoms. The topological polar surface area (TPSA) is 53.6 Å². The van der Waals surface area contributed by atoms with Crippen molar-refractivity contribution in [1.82, 2.24) is 15.0 Å². The monoisotopic (exact) mass is 348 g/mol. The first-order valence-electron chi connectivity index (χ1n) is 8.10. The van der Waals surface area contributed by atoms with Gasteiger partial charge >= 0.3 is 0 Å². The summed E-state index contributed by atoms with van der Waals surface area (Å²) in [6.07, 6.45) is 1.58. The third-order valence-corrected chi connectivity index (χ3v) is 4.46. The Morgan fingerprint density at radius 3 is 2.48 bits per heavy atom. The van der Waals surface area contributed by atoms with Gasteiger partial charge in [0.1, 0.15) is 17.8 Å². The number of nitrogens with zero attached hydrogens (tertiary/aromatic N) is 2. The molecule has 2 heterocycles. The van der Waals surface area contributed by atoms with Crippen LogP contribution in [0.5, 0.6) is 0 Å². The molecular formula is C20H17ClN4. The van der Waals surface area contributed by atoms with Crippen LogP contribution in [0.2, 0.25) is 0 Å². The van der Waals surface area contributed by atoms with Crippen molar-refractivity contribution in [3.63, 3.8) is 0 Å². The van der Waals surface area contributed by atoms with Crippen molar-refractivity contribution in [1.29, 1.82) is 0 Å². The van der Waals surface area contributed by atoms with Crippen LogP contribution >= 0.6 is 11.6 Å². The maximum atomic E-state index is 5.86. The molecule has 5 heteroatoms. The van der Waals surface area contributed by atoms with Crippen LogP contribution < -0.4 is 5.32 Å². The lowest BCUT2D eigenvalue weighted by atomic mass is 10.1. The van der Waals surface area contributed by atoms with E-state index in [9.17, 15) is 0 Å². The molecule has 2 aromatic heterocycles. The predicted molar refractivity (Wildman–Crippen MR) is 103 cm³/mol. The molecule has 0 amide bonds. The quantitative estimate of drug-likeness (QED) is 0.500. The van der Waals surface area contributed by atoms with Crippen LogP contribution in [0.4, 0.5) is 5.82 Å². The van der Waals surface area contributed by atoms with E-state index < -0.39 is 0 Å². The standard InChI is InChI=1S/C20H17ClN4/c21-11-14-6-8-16(9-7-14)18-10-17-19(23-13-24-20(17)25-18)22-12-15-4-2-1-3-5-15/h1-10,13H,11-12H2,(H2,22,23,24,25). The summed E-state index contributed by atoms with van der Waals surface area (Å²) in [4.78, 5) is 12.1. The lowest BCUT2D eigenvalue weighted by Crippen LogP contribution is -2.01. The average molecular weight is 349 g/mol. The van der Waals surface area contributed by atoms with Gasteiger partial charge in [-0.3, -0.25) is 0 Å². The number of H-pyrrole nitrogens is 1. The largest absolute Gasteiger partial charge is 0.365 e. The number of hydrogen-bond donors (Lipinski definition) is 2. The Hall–Kier alpha value is -2.85. The number of fused-ring (bicyclic) bond motifs is 1. The van der Waals surface area contributed by atoms with Crippen molar-refractivity contribution in [2.75, 3.05) is 5.32 Å². The molecule has 0 atom stereocenters. The number of aromatic nitrogens is 3. The third kappa shape index (κ3) is 3.35. The molecule has 2 aromatic carbocycles. The van der Waals surface area contributed by atoms with Crippen LogP contribution in [-0.2, 0) is 12.4 Å². The predicted octanol–water partition coefficient (Wildman–Crippen LogP) is 4.98. The Kier molecular flexibility index (Phi) is 4.36. The van der Waals surface area contributed by atoms with Gasteiger partial charge in [-0.15, -0.1) is 11.6 Å². The van der Waals surface area contributed by atoms with E-state index >= 15 is 0 Å². The van der Waals surface area contributed by atoms with Crippen molar-refractivity contribution >= 4 is 28.5 Å². The minimum Gasteiger partial charge on any atom is -0.365 e. The minimum atomic E-state index is 0.520. The van der Waals surface area contributed by atoms with Crippen molar-refractivity contribution in [3.8, 4) is 11.3 Å². The van der Waals surface area contributed by atoms with Crippen LogP contribution in [0.25, 0.3) is 22.3 Å². The van der Waals surface area contributed by atoms with E-state index in [1.807, 2.05) is 30.3 Å². The number of hydrogen-bond acceptors (Lipinski definition) is 3. The number of anilines is 1. The molecule has 0 aliphatic carbocycles. The van der Waals surface area contributed by atoms with E-state index in [4.69, 9.17) is 11.6 Å². The van der Waals surface area contributed by atoms with Gasteiger partial charge in [0, 0.05) is 18.1 Å². The number of benzene rings is 2. The maximum Gasteiger partial charge on any atom is 0.143 e. The van der Waals surface area contributed by atoms with Crippen LogP contribution in [0.3, 0.4) is 0 Å². The van der Waals surface area contributed by atoms with Gasteiger partial charge in [-0.1, -0.05) is 54.6 Å². The number of nitrogens with one attached hydrogen (secondary N) is 2. The van der Waals surface area contributed by atoms with Gasteiger partial charge in [-0.25, -0.2) is 9.97 Å². The highest BCUT2D eigenvalue weighted by molar-refractivity contribution is 6.17. The summed E-state index contributed by atoms with van der Waals surface area (Å²) in [5.41, 5.74) is 5.25. The summed E-state index contributed by atoms with van der Waals surface area (Å²) in [5, 5.41) is 4.38. The first kappa shape index (κ1) is 15.7. The lowest BCUT2D eigenvalue weighted by molar-refractivity contribution is 1.10. The Labute approximate surface area is 150 Å². The second kappa shape index (κ2) is 6.95. The van der Waals surface area contributed by atoms with Gasteiger partial charge in [0.15, 0.2) is 0 Å². The van der Waals surface area contributed by atoms with Crippen molar-refractivity contribution in [3.05, 3.63) is 78.1 Å². The second-order valence-electron chi connectivity index (χ2n) is 5.84. The van der Waals surface area contributed by atoms with Gasteiger partial charge in [0.2, 0.25) is 0 Å². The Bertz CT molecular complexity index is 978. The van der Waals surface area contributed by atoms with E-state index in [1.54, 1.807) is 6.33 Å². The molecule has 0 spiro atoms. The fraction of sp³-hybridized carbons (Fsp3) is 0.100. The SMILES string of the molecule is ClCc1ccc(-c2cc3c(NCc4ccccc4)ncnc3[nH]2)cc1. The van der Waals surface area contributed by atoms with Crippen LogP contribution in [-0.4, -0.2) is 15.0 Å². The molecule has 0 saturated carbocycles. The van der Waals surface area contributed by atoms with Gasteiger partial charge in [0.25, 0.3) is 0 Å². The number of halogens is 1. The molecule has 0 aliphatic rings. The van der Waals surface area contributed by atoms with Gasteiger partial charge in [-0.2, -0.15) is 0 Å². The molecule has 4 aromatic rings. The van der Waals surface area contributed by atoms with Gasteiger partial charge < -0.3 is 10.3 Å². The van der Waals surface area contributed by atoms with Gasteiger partial charge in [-0.05, 0) is 22.8 Å². The smallest absolute Gasteiger partial charge is 0.143 e. The van der Waals surface area contributed by atoms with Crippen LogP contribution in [0.1, 0.15) is 11.1 Å². The van der Waals surface area contributed by atoms with Crippen molar-refractivity contribution in [2.24, 2.45) is 0 Å². The summed E-state index contributed by atoms with van der Waals surface area (Å²) < 4.78 is 0. The highest BCUT2D eigenvalue weighted by Gasteiger charge is 2.09. The second-order valence-corrected chi connectivity index (χ2v) is 6.10.